The van der Waals surface area contributed by atoms with Gasteiger partial charge in [-0.1, -0.05) is 0 Å². The molecule has 1 unspecified atom stereocenters. The predicted octanol–water partition coefficient (Wildman–Crippen LogP) is 1.62. The van der Waals surface area contributed by atoms with Crippen LogP contribution in [0.5, 0.6) is 0 Å². The molecule has 1 aliphatic heterocycles. The number of hydrogen-bond acceptors (Lipinski definition) is 3. The summed E-state index contributed by atoms with van der Waals surface area (Å²) in [5, 5.41) is 2.35. The molecule has 0 aromatic carbocycles. The third-order valence-electron chi connectivity index (χ3n) is 3.10. The number of halogens is 1. The maximum Gasteiger partial charge on any atom is 0.237 e. The number of fused-ring (bicyclic) bond motifs is 1. The Morgan fingerprint density at radius 3 is 3.06 bits per heavy atom. The van der Waals surface area contributed by atoms with Crippen LogP contribution in [-0.2, 0) is 9.59 Å². The number of aromatic nitrogens is 2. The lowest BCUT2D eigenvalue weighted by Crippen LogP contribution is -2.40. The zero-order chi connectivity index (χ0) is 12.7. The van der Waals surface area contributed by atoms with Gasteiger partial charge in [-0.15, -0.1) is 0 Å². The van der Waals surface area contributed by atoms with Crippen molar-refractivity contribution in [2.75, 3.05) is 0 Å². The largest absolute Gasteiger partial charge is 0.302 e. The van der Waals surface area contributed by atoms with Gasteiger partial charge in [0.2, 0.25) is 11.8 Å². The first kappa shape index (κ1) is 11.4. The van der Waals surface area contributed by atoms with Gasteiger partial charge in [0.05, 0.1) is 17.6 Å². The summed E-state index contributed by atoms with van der Waals surface area (Å²) in [7, 11) is 0. The molecule has 0 bridgehead atoms. The van der Waals surface area contributed by atoms with Crippen LogP contribution in [0, 0.1) is 0 Å². The minimum atomic E-state index is -0.362. The van der Waals surface area contributed by atoms with Crippen molar-refractivity contribution >= 4 is 33.3 Å². The number of amides is 2. The molecule has 2 aromatic heterocycles. The van der Waals surface area contributed by atoms with Gasteiger partial charge in [0.1, 0.15) is 5.82 Å². The highest BCUT2D eigenvalue weighted by molar-refractivity contribution is 9.10. The molecule has 5 nitrogen and oxygen atoms in total. The Bertz CT molecular complexity index is 650. The van der Waals surface area contributed by atoms with Gasteiger partial charge in [-0.05, 0) is 34.5 Å². The molecule has 3 rings (SSSR count). The Balaban J connectivity index is 2.07. The average Bonchev–Trinajstić information content (AvgIpc) is 2.74. The van der Waals surface area contributed by atoms with Crippen LogP contribution in [0.3, 0.4) is 0 Å². The molecule has 0 radical (unpaired) electrons. The van der Waals surface area contributed by atoms with Crippen LogP contribution in [0.25, 0.3) is 5.52 Å². The summed E-state index contributed by atoms with van der Waals surface area (Å²) >= 11 is 3.44. The summed E-state index contributed by atoms with van der Waals surface area (Å²) in [6.45, 7) is 0. The smallest absolute Gasteiger partial charge is 0.237 e. The summed E-state index contributed by atoms with van der Waals surface area (Å²) in [6, 6.07) is 3.80. The zero-order valence-electron chi connectivity index (χ0n) is 9.39. The number of hydrogen-bond donors (Lipinski definition) is 1. The van der Waals surface area contributed by atoms with Crippen LogP contribution >= 0.6 is 15.9 Å². The average molecular weight is 308 g/mol. The van der Waals surface area contributed by atoms with Gasteiger partial charge in [0, 0.05) is 17.1 Å². The number of nitrogens with one attached hydrogen (secondary N) is 1. The van der Waals surface area contributed by atoms with E-state index in [2.05, 4.69) is 26.2 Å². The van der Waals surface area contributed by atoms with E-state index in [1.54, 1.807) is 6.20 Å². The number of pyridine rings is 1. The monoisotopic (exact) mass is 307 g/mol. The topological polar surface area (TPSA) is 63.5 Å². The van der Waals surface area contributed by atoms with E-state index in [1.165, 1.54) is 0 Å². The first-order chi connectivity index (χ1) is 8.66. The van der Waals surface area contributed by atoms with Gasteiger partial charge >= 0.3 is 0 Å². The molecular weight excluding hydrogens is 298 g/mol. The van der Waals surface area contributed by atoms with Gasteiger partial charge in [0.25, 0.3) is 0 Å². The zero-order valence-corrected chi connectivity index (χ0v) is 11.0. The highest BCUT2D eigenvalue weighted by atomic mass is 79.9. The van der Waals surface area contributed by atoms with Crippen molar-refractivity contribution in [1.29, 1.82) is 0 Å². The second kappa shape index (κ2) is 4.20. The Morgan fingerprint density at radius 2 is 2.28 bits per heavy atom. The highest BCUT2D eigenvalue weighted by Crippen LogP contribution is 2.27. The Hall–Kier alpha value is -1.69. The number of rotatable bonds is 1. The van der Waals surface area contributed by atoms with Crippen molar-refractivity contribution in [2.45, 2.75) is 18.8 Å². The fourth-order valence-corrected chi connectivity index (χ4v) is 2.65. The predicted molar refractivity (Wildman–Crippen MR) is 68.0 cm³/mol. The van der Waals surface area contributed by atoms with Crippen molar-refractivity contribution in [3.8, 4) is 0 Å². The lowest BCUT2D eigenvalue weighted by molar-refractivity contribution is -0.134. The van der Waals surface area contributed by atoms with Gasteiger partial charge < -0.3 is 4.40 Å². The molecular formula is C12H10BrN3O2. The van der Waals surface area contributed by atoms with E-state index in [-0.39, 0.29) is 17.7 Å². The summed E-state index contributed by atoms with van der Waals surface area (Å²) in [5.74, 6) is -0.159. The molecule has 0 saturated carbocycles. The van der Waals surface area contributed by atoms with Crippen molar-refractivity contribution in [3.05, 3.63) is 34.8 Å². The van der Waals surface area contributed by atoms with Crippen molar-refractivity contribution in [3.63, 3.8) is 0 Å². The van der Waals surface area contributed by atoms with Crippen LogP contribution in [0.1, 0.15) is 24.6 Å². The third-order valence-corrected chi connectivity index (χ3v) is 3.77. The fraction of sp³-hybridized carbons (Fsp3) is 0.250. The van der Waals surface area contributed by atoms with Crippen LogP contribution in [0.2, 0.25) is 0 Å². The van der Waals surface area contributed by atoms with E-state index in [4.69, 9.17) is 0 Å². The summed E-state index contributed by atoms with van der Waals surface area (Å²) in [5.41, 5.74) is 0.914. The quantitative estimate of drug-likeness (QED) is 0.814. The molecule has 0 spiro atoms. The van der Waals surface area contributed by atoms with E-state index in [1.807, 2.05) is 22.7 Å². The van der Waals surface area contributed by atoms with E-state index < -0.39 is 0 Å². The minimum absolute atomic E-state index is 0.210. The van der Waals surface area contributed by atoms with Gasteiger partial charge in [-0.25, -0.2) is 4.98 Å². The van der Waals surface area contributed by atoms with Crippen LogP contribution < -0.4 is 5.32 Å². The second-order valence-electron chi connectivity index (χ2n) is 4.23. The van der Waals surface area contributed by atoms with Gasteiger partial charge in [0.15, 0.2) is 0 Å². The number of piperidine rings is 1. The lowest BCUT2D eigenvalue weighted by Gasteiger charge is -2.19. The number of imidazole rings is 1. The molecule has 1 aliphatic rings. The molecule has 1 saturated heterocycles. The van der Waals surface area contributed by atoms with Crippen LogP contribution in [0.15, 0.2) is 29.0 Å². The molecule has 3 heterocycles. The molecule has 6 heteroatoms. The second-order valence-corrected chi connectivity index (χ2v) is 5.09. The first-order valence-corrected chi connectivity index (χ1v) is 6.41. The SMILES string of the molecule is O=C1CCC(c2ncc3c(Br)cccn23)C(=O)N1. The maximum absolute atomic E-state index is 11.8. The van der Waals surface area contributed by atoms with Crippen LogP contribution in [-0.4, -0.2) is 21.2 Å². The fourth-order valence-electron chi connectivity index (χ4n) is 2.21. The normalized spacial score (nSPS) is 20.2. The number of nitrogens with zero attached hydrogens (tertiary/aromatic N) is 2. The van der Waals surface area contributed by atoms with Crippen LogP contribution in [0.4, 0.5) is 0 Å². The molecule has 92 valence electrons. The van der Waals surface area contributed by atoms with Crippen molar-refractivity contribution < 1.29 is 9.59 Å². The lowest BCUT2D eigenvalue weighted by atomic mass is 9.97. The standard InChI is InChI=1S/C12H10BrN3O2/c13-8-2-1-5-16-9(8)6-14-11(16)7-3-4-10(17)15-12(7)18/h1-2,5-7H,3-4H2,(H,15,17,18). The molecule has 1 fully saturated rings. The number of carbonyl (C=O) groups is 2. The molecule has 1 N–H and O–H groups in total. The summed E-state index contributed by atoms with van der Waals surface area (Å²) in [6.07, 6.45) is 4.46. The minimum Gasteiger partial charge on any atom is -0.302 e. The third kappa shape index (κ3) is 1.73. The Kier molecular flexibility index (Phi) is 2.66. The maximum atomic E-state index is 11.8. The summed E-state index contributed by atoms with van der Waals surface area (Å²) in [4.78, 5) is 27.3. The van der Waals surface area contributed by atoms with E-state index in [0.29, 0.717) is 18.7 Å². The van der Waals surface area contributed by atoms with E-state index in [9.17, 15) is 9.59 Å². The van der Waals surface area contributed by atoms with Crippen molar-refractivity contribution in [2.24, 2.45) is 0 Å². The summed E-state index contributed by atoms with van der Waals surface area (Å²) < 4.78 is 2.81. The molecule has 0 aliphatic carbocycles. The first-order valence-electron chi connectivity index (χ1n) is 5.62. The Labute approximate surface area is 111 Å². The van der Waals surface area contributed by atoms with E-state index in [0.717, 1.165) is 9.99 Å². The molecule has 2 aromatic rings. The number of carbonyl (C=O) groups excluding carboxylic acids is 2. The van der Waals surface area contributed by atoms with E-state index >= 15 is 0 Å². The highest BCUT2D eigenvalue weighted by Gasteiger charge is 2.31. The van der Waals surface area contributed by atoms with Gasteiger partial charge in [-0.3, -0.25) is 14.9 Å². The van der Waals surface area contributed by atoms with Crippen molar-refractivity contribution in [1.82, 2.24) is 14.7 Å². The molecule has 2 amide bonds. The molecule has 1 atom stereocenters. The number of imide groups is 1. The molecule has 18 heavy (non-hydrogen) atoms. The Morgan fingerprint density at radius 1 is 1.44 bits per heavy atom. The van der Waals surface area contributed by atoms with Gasteiger partial charge in [-0.2, -0.15) is 0 Å².